The van der Waals surface area contributed by atoms with Gasteiger partial charge in [-0.25, -0.2) is 4.79 Å². The Bertz CT molecular complexity index is 722. The number of urea groups is 1. The molecule has 1 unspecified atom stereocenters. The molecule has 0 bridgehead atoms. The van der Waals surface area contributed by atoms with Crippen LogP contribution in [0, 0.1) is 0 Å². The van der Waals surface area contributed by atoms with Crippen molar-refractivity contribution in [2.24, 2.45) is 0 Å². The predicted molar refractivity (Wildman–Crippen MR) is 104 cm³/mol. The van der Waals surface area contributed by atoms with Crippen LogP contribution in [-0.2, 0) is 0 Å². The van der Waals surface area contributed by atoms with E-state index in [4.69, 9.17) is 0 Å². The van der Waals surface area contributed by atoms with Gasteiger partial charge in [0.05, 0.1) is 9.88 Å². The number of carbonyl (C=O) groups is 2. The van der Waals surface area contributed by atoms with Gasteiger partial charge in [-0.2, -0.15) is 0 Å². The van der Waals surface area contributed by atoms with Crippen LogP contribution in [0.2, 0.25) is 0 Å². The third-order valence-electron chi connectivity index (χ3n) is 3.85. The first-order chi connectivity index (χ1) is 11.6. The van der Waals surface area contributed by atoms with Gasteiger partial charge in [0, 0.05) is 31.4 Å². The molecule has 25 heavy (non-hydrogen) atoms. The summed E-state index contributed by atoms with van der Waals surface area (Å²) in [6.45, 7) is 4.35. The number of rotatable bonds is 3. The summed E-state index contributed by atoms with van der Waals surface area (Å²) in [5, 5.41) is 9.43. The Morgan fingerprint density at radius 1 is 1.16 bits per heavy atom. The first kappa shape index (κ1) is 19.2. The number of nitrogens with one attached hydrogen (secondary N) is 3. The molecule has 1 fully saturated rings. The molecular weight excluding hydrogens is 360 g/mol. The third kappa shape index (κ3) is 4.94. The number of thiophene rings is 1. The third-order valence-corrected chi connectivity index (χ3v) is 4.84. The number of anilines is 2. The molecule has 8 heteroatoms. The molecule has 3 amide bonds. The number of piperazine rings is 1. The minimum absolute atomic E-state index is 0. The topological polar surface area (TPSA) is 73.5 Å². The summed E-state index contributed by atoms with van der Waals surface area (Å²) in [7, 11) is 0. The van der Waals surface area contributed by atoms with Crippen LogP contribution in [0.15, 0.2) is 42.5 Å². The van der Waals surface area contributed by atoms with Gasteiger partial charge in [0.25, 0.3) is 5.91 Å². The summed E-state index contributed by atoms with van der Waals surface area (Å²) in [6.07, 6.45) is 0. The van der Waals surface area contributed by atoms with Gasteiger partial charge in [-0.05, 0) is 31.2 Å². The van der Waals surface area contributed by atoms with Crippen molar-refractivity contribution in [2.45, 2.75) is 13.0 Å². The average Bonchev–Trinajstić information content (AvgIpc) is 3.04. The van der Waals surface area contributed by atoms with E-state index >= 15 is 0 Å². The number of halogens is 1. The maximum absolute atomic E-state index is 12.6. The number of carbonyl (C=O) groups excluding carboxylic acids is 2. The molecule has 0 radical (unpaired) electrons. The zero-order valence-corrected chi connectivity index (χ0v) is 15.5. The van der Waals surface area contributed by atoms with Crippen LogP contribution in [-0.4, -0.2) is 42.5 Å². The van der Waals surface area contributed by atoms with Crippen molar-refractivity contribution >= 4 is 46.4 Å². The molecule has 3 N–H and O–H groups in total. The fourth-order valence-electron chi connectivity index (χ4n) is 2.60. The second-order valence-electron chi connectivity index (χ2n) is 5.66. The Balaban J connectivity index is 0.00000225. The second-order valence-corrected chi connectivity index (χ2v) is 6.74. The van der Waals surface area contributed by atoms with E-state index in [0.717, 1.165) is 18.8 Å². The fourth-order valence-corrected chi connectivity index (χ4v) is 3.46. The van der Waals surface area contributed by atoms with Gasteiger partial charge >= 0.3 is 6.03 Å². The van der Waals surface area contributed by atoms with Gasteiger partial charge in [0.15, 0.2) is 0 Å². The molecule has 1 saturated heterocycles. The highest BCUT2D eigenvalue weighted by atomic mass is 35.5. The van der Waals surface area contributed by atoms with E-state index in [0.29, 0.717) is 16.4 Å². The molecule has 3 rings (SSSR count). The van der Waals surface area contributed by atoms with Crippen LogP contribution in [0.5, 0.6) is 0 Å². The van der Waals surface area contributed by atoms with Crippen molar-refractivity contribution in [2.75, 3.05) is 30.3 Å². The maximum atomic E-state index is 12.6. The van der Waals surface area contributed by atoms with Gasteiger partial charge in [-0.15, -0.1) is 23.7 Å². The van der Waals surface area contributed by atoms with Crippen LogP contribution in [0.4, 0.5) is 15.5 Å². The quantitative estimate of drug-likeness (QED) is 0.765. The van der Waals surface area contributed by atoms with Gasteiger partial charge < -0.3 is 15.5 Å². The lowest BCUT2D eigenvalue weighted by atomic mass is 10.2. The van der Waals surface area contributed by atoms with Crippen molar-refractivity contribution in [1.82, 2.24) is 10.2 Å². The van der Waals surface area contributed by atoms with Crippen LogP contribution >= 0.6 is 23.7 Å². The average molecular weight is 381 g/mol. The number of nitrogens with zero attached hydrogens (tertiary/aromatic N) is 1. The van der Waals surface area contributed by atoms with Crippen molar-refractivity contribution in [3.05, 3.63) is 47.3 Å². The smallest absolute Gasteiger partial charge is 0.324 e. The summed E-state index contributed by atoms with van der Waals surface area (Å²) in [4.78, 5) is 27.1. The fraction of sp³-hybridized carbons (Fsp3) is 0.294. The highest BCUT2D eigenvalue weighted by Gasteiger charge is 2.25. The molecule has 1 atom stereocenters. The molecule has 2 heterocycles. The lowest BCUT2D eigenvalue weighted by Crippen LogP contribution is -2.52. The highest BCUT2D eigenvalue weighted by Crippen LogP contribution is 2.24. The molecular formula is C17H21ClN4O2S. The van der Waals surface area contributed by atoms with Crippen LogP contribution in [0.1, 0.15) is 16.6 Å². The maximum Gasteiger partial charge on any atom is 0.324 e. The van der Waals surface area contributed by atoms with E-state index in [9.17, 15) is 9.59 Å². The number of hydrogen-bond acceptors (Lipinski definition) is 4. The molecule has 1 aliphatic rings. The summed E-state index contributed by atoms with van der Waals surface area (Å²) in [5.74, 6) is 0.0190. The Labute approximate surface area is 157 Å². The normalized spacial score (nSPS) is 16.7. The summed E-state index contributed by atoms with van der Waals surface area (Å²) in [6, 6.07) is 12.6. The molecule has 2 aromatic rings. The SMILES string of the molecule is CC1CNCCN1C(=O)c1ccc(NC(=O)Nc2ccccc2)s1.Cl. The van der Waals surface area contributed by atoms with Gasteiger partial charge in [-0.3, -0.25) is 10.1 Å². The minimum Gasteiger partial charge on any atom is -0.333 e. The molecule has 0 saturated carbocycles. The second kappa shape index (κ2) is 8.84. The summed E-state index contributed by atoms with van der Waals surface area (Å²) >= 11 is 1.29. The van der Waals surface area contributed by atoms with Gasteiger partial charge in [0.2, 0.25) is 0 Å². The van der Waals surface area contributed by atoms with Crippen LogP contribution in [0.3, 0.4) is 0 Å². The van der Waals surface area contributed by atoms with E-state index in [-0.39, 0.29) is 30.4 Å². The first-order valence-corrected chi connectivity index (χ1v) is 8.70. The van der Waals surface area contributed by atoms with E-state index in [2.05, 4.69) is 16.0 Å². The van der Waals surface area contributed by atoms with Crippen LogP contribution in [0.25, 0.3) is 0 Å². The number of amides is 3. The number of hydrogen-bond donors (Lipinski definition) is 3. The van der Waals surface area contributed by atoms with Gasteiger partial charge in [-0.1, -0.05) is 18.2 Å². The zero-order valence-electron chi connectivity index (χ0n) is 13.8. The Hall–Kier alpha value is -2.09. The van der Waals surface area contributed by atoms with Crippen molar-refractivity contribution in [1.29, 1.82) is 0 Å². The summed E-state index contributed by atoms with van der Waals surface area (Å²) in [5.41, 5.74) is 0.720. The predicted octanol–water partition coefficient (Wildman–Crippen LogP) is 3.25. The van der Waals surface area contributed by atoms with Crippen LogP contribution < -0.4 is 16.0 Å². The lowest BCUT2D eigenvalue weighted by Gasteiger charge is -2.33. The molecule has 134 valence electrons. The van der Waals surface area contributed by atoms with E-state index in [1.54, 1.807) is 12.1 Å². The molecule has 1 aromatic carbocycles. The Morgan fingerprint density at radius 3 is 2.64 bits per heavy atom. The number of benzene rings is 1. The van der Waals surface area contributed by atoms with Gasteiger partial charge in [0.1, 0.15) is 0 Å². The van der Waals surface area contributed by atoms with E-state index in [1.807, 2.05) is 42.2 Å². The molecule has 0 aliphatic carbocycles. The largest absolute Gasteiger partial charge is 0.333 e. The molecule has 6 nitrogen and oxygen atoms in total. The molecule has 0 spiro atoms. The Morgan fingerprint density at radius 2 is 1.92 bits per heavy atom. The molecule has 1 aromatic heterocycles. The van der Waals surface area contributed by atoms with Crippen molar-refractivity contribution in [3.8, 4) is 0 Å². The minimum atomic E-state index is -0.322. The first-order valence-electron chi connectivity index (χ1n) is 7.88. The summed E-state index contributed by atoms with van der Waals surface area (Å²) < 4.78 is 0. The van der Waals surface area contributed by atoms with Crippen molar-refractivity contribution < 1.29 is 9.59 Å². The monoisotopic (exact) mass is 380 g/mol. The van der Waals surface area contributed by atoms with Crippen molar-refractivity contribution in [3.63, 3.8) is 0 Å². The Kier molecular flexibility index (Phi) is 6.81. The zero-order chi connectivity index (χ0) is 16.9. The number of para-hydroxylation sites is 1. The molecule has 1 aliphatic heterocycles. The van der Waals surface area contributed by atoms with E-state index in [1.165, 1.54) is 11.3 Å². The standard InChI is InChI=1S/C17H20N4O2S.ClH/c1-12-11-18-9-10-21(12)16(22)14-7-8-15(24-14)20-17(23)19-13-5-3-2-4-6-13;/h2-8,12,18H,9-11H2,1H3,(H2,19,20,23);1H. The highest BCUT2D eigenvalue weighted by molar-refractivity contribution is 7.18. The lowest BCUT2D eigenvalue weighted by molar-refractivity contribution is 0.0661. The van der Waals surface area contributed by atoms with E-state index < -0.39 is 0 Å².